The summed E-state index contributed by atoms with van der Waals surface area (Å²) in [7, 11) is 0. The minimum atomic E-state index is -0.174. The predicted molar refractivity (Wildman–Crippen MR) is 70.1 cm³/mol. The van der Waals surface area contributed by atoms with Gasteiger partial charge in [0.15, 0.2) is 0 Å². The molecule has 18 heavy (non-hydrogen) atoms. The van der Waals surface area contributed by atoms with Crippen LogP contribution in [0.1, 0.15) is 19.7 Å². The van der Waals surface area contributed by atoms with E-state index < -0.39 is 0 Å². The third kappa shape index (κ3) is 3.10. The minimum absolute atomic E-state index is 0.0142. The molecule has 0 amide bonds. The third-order valence-corrected chi connectivity index (χ3v) is 3.09. The number of aryl methyl sites for hydroxylation is 1. The highest BCUT2D eigenvalue weighted by Crippen LogP contribution is 2.21. The molecular weight excluding hydrogens is 254 g/mol. The highest BCUT2D eigenvalue weighted by atomic mass is 35.5. The lowest BCUT2D eigenvalue weighted by Gasteiger charge is -2.36. The predicted octanol–water partition coefficient (Wildman–Crippen LogP) is 1.28. The smallest absolute Gasteiger partial charge is 0.134 e. The fourth-order valence-electron chi connectivity index (χ4n) is 2.10. The fraction of sp³-hybridized carbons (Fsp3) is 0.667. The molecular formula is C12H18ClN3O2. The van der Waals surface area contributed by atoms with Crippen molar-refractivity contribution in [3.05, 3.63) is 17.0 Å². The normalized spacial score (nSPS) is 24.3. The van der Waals surface area contributed by atoms with Crippen LogP contribution in [0.5, 0.6) is 0 Å². The molecule has 1 aromatic rings. The second-order valence-electron chi connectivity index (χ2n) is 4.47. The van der Waals surface area contributed by atoms with Gasteiger partial charge in [-0.2, -0.15) is 0 Å². The summed E-state index contributed by atoms with van der Waals surface area (Å²) in [5.41, 5.74) is 0. The summed E-state index contributed by atoms with van der Waals surface area (Å²) in [4.78, 5) is 10.7. The van der Waals surface area contributed by atoms with E-state index in [0.717, 1.165) is 24.6 Å². The lowest BCUT2D eigenvalue weighted by Crippen LogP contribution is -2.48. The molecule has 2 rings (SSSR count). The van der Waals surface area contributed by atoms with Crippen LogP contribution in [0, 0.1) is 0 Å². The van der Waals surface area contributed by atoms with E-state index in [1.165, 1.54) is 0 Å². The lowest BCUT2D eigenvalue weighted by atomic mass is 10.2. The van der Waals surface area contributed by atoms with Gasteiger partial charge in [-0.3, -0.25) is 0 Å². The van der Waals surface area contributed by atoms with Crippen LogP contribution in [0.25, 0.3) is 0 Å². The summed E-state index contributed by atoms with van der Waals surface area (Å²) in [6.07, 6.45) is 0.638. The van der Waals surface area contributed by atoms with Crippen molar-refractivity contribution in [2.24, 2.45) is 0 Å². The first-order valence-electron chi connectivity index (χ1n) is 6.17. The van der Waals surface area contributed by atoms with Crippen molar-refractivity contribution in [3.63, 3.8) is 0 Å². The monoisotopic (exact) mass is 271 g/mol. The number of nitrogens with zero attached hydrogens (tertiary/aromatic N) is 3. The van der Waals surface area contributed by atoms with Gasteiger partial charge in [-0.15, -0.1) is 0 Å². The van der Waals surface area contributed by atoms with E-state index in [1.54, 1.807) is 6.07 Å². The summed E-state index contributed by atoms with van der Waals surface area (Å²) >= 11 is 6.00. The summed E-state index contributed by atoms with van der Waals surface area (Å²) < 4.78 is 5.61. The lowest BCUT2D eigenvalue weighted by molar-refractivity contribution is -0.0423. The van der Waals surface area contributed by atoms with Gasteiger partial charge in [0.05, 0.1) is 18.8 Å². The number of morpholine rings is 1. The van der Waals surface area contributed by atoms with Crippen molar-refractivity contribution < 1.29 is 9.84 Å². The van der Waals surface area contributed by atoms with Crippen LogP contribution >= 0.6 is 11.6 Å². The maximum Gasteiger partial charge on any atom is 0.134 e. The number of aromatic nitrogens is 2. The molecule has 2 unspecified atom stereocenters. The van der Waals surface area contributed by atoms with Gasteiger partial charge in [0.1, 0.15) is 16.8 Å². The first kappa shape index (κ1) is 13.5. The first-order chi connectivity index (χ1) is 8.62. The van der Waals surface area contributed by atoms with E-state index >= 15 is 0 Å². The quantitative estimate of drug-likeness (QED) is 0.840. The third-order valence-electron chi connectivity index (χ3n) is 2.90. The molecule has 2 heterocycles. The molecule has 1 N–H and O–H groups in total. The van der Waals surface area contributed by atoms with Crippen molar-refractivity contribution in [2.45, 2.75) is 32.5 Å². The molecule has 100 valence electrons. The molecule has 1 aliphatic rings. The highest BCUT2D eigenvalue weighted by Gasteiger charge is 2.26. The van der Waals surface area contributed by atoms with Crippen LogP contribution in [-0.2, 0) is 11.2 Å². The molecule has 5 nitrogen and oxygen atoms in total. The number of hydrogen-bond acceptors (Lipinski definition) is 5. The maximum absolute atomic E-state index is 9.22. The summed E-state index contributed by atoms with van der Waals surface area (Å²) in [6.45, 7) is 5.36. The summed E-state index contributed by atoms with van der Waals surface area (Å²) in [6, 6.07) is 1.76. The molecule has 1 fully saturated rings. The molecule has 2 atom stereocenters. The van der Waals surface area contributed by atoms with Gasteiger partial charge in [0.25, 0.3) is 0 Å². The van der Waals surface area contributed by atoms with Crippen LogP contribution in [0.3, 0.4) is 0 Å². The number of aliphatic hydroxyl groups is 1. The van der Waals surface area contributed by atoms with Crippen molar-refractivity contribution in [1.82, 2.24) is 9.97 Å². The maximum atomic E-state index is 9.22. The van der Waals surface area contributed by atoms with Crippen molar-refractivity contribution in [1.29, 1.82) is 0 Å². The zero-order valence-corrected chi connectivity index (χ0v) is 11.4. The standard InChI is InChI=1S/C12H18ClN3O2/c1-3-11-14-10(13)4-12(15-11)16-5-8(2)18-9(6-16)7-17/h4,8-9,17H,3,5-7H2,1-2H3. The van der Waals surface area contributed by atoms with Gasteiger partial charge in [-0.25, -0.2) is 9.97 Å². The van der Waals surface area contributed by atoms with Crippen molar-refractivity contribution in [3.8, 4) is 0 Å². The molecule has 1 aliphatic heterocycles. The van der Waals surface area contributed by atoms with E-state index in [0.29, 0.717) is 11.7 Å². The number of rotatable bonds is 3. The molecule has 0 bridgehead atoms. The Balaban J connectivity index is 2.21. The second-order valence-corrected chi connectivity index (χ2v) is 4.86. The van der Waals surface area contributed by atoms with E-state index in [9.17, 15) is 5.11 Å². The molecule has 1 saturated heterocycles. The Bertz CT molecular complexity index is 416. The average Bonchev–Trinajstić information content (AvgIpc) is 2.37. The molecule has 0 saturated carbocycles. The zero-order chi connectivity index (χ0) is 13.1. The van der Waals surface area contributed by atoms with E-state index in [4.69, 9.17) is 16.3 Å². The highest BCUT2D eigenvalue weighted by molar-refractivity contribution is 6.29. The second kappa shape index (κ2) is 5.82. The Hall–Kier alpha value is -0.910. The summed E-state index contributed by atoms with van der Waals surface area (Å²) in [5, 5.41) is 9.67. The number of anilines is 1. The van der Waals surface area contributed by atoms with Gasteiger partial charge >= 0.3 is 0 Å². The molecule has 6 heteroatoms. The Labute approximate surface area is 112 Å². The topological polar surface area (TPSA) is 58.5 Å². The fourth-order valence-corrected chi connectivity index (χ4v) is 2.30. The van der Waals surface area contributed by atoms with Gasteiger partial charge in [-0.1, -0.05) is 18.5 Å². The number of hydrogen-bond donors (Lipinski definition) is 1. The molecule has 0 aromatic carbocycles. The van der Waals surface area contributed by atoms with Gasteiger partial charge in [-0.05, 0) is 6.92 Å². The molecule has 1 aromatic heterocycles. The van der Waals surface area contributed by atoms with Gasteiger partial charge < -0.3 is 14.7 Å². The number of halogens is 1. The Morgan fingerprint density at radius 1 is 1.50 bits per heavy atom. The Morgan fingerprint density at radius 2 is 2.28 bits per heavy atom. The zero-order valence-electron chi connectivity index (χ0n) is 10.6. The molecule has 0 spiro atoms. The number of aliphatic hydroxyl groups excluding tert-OH is 1. The minimum Gasteiger partial charge on any atom is -0.394 e. The van der Waals surface area contributed by atoms with Crippen LogP contribution in [-0.4, -0.2) is 47.0 Å². The van der Waals surface area contributed by atoms with Crippen LogP contribution in [0.15, 0.2) is 6.07 Å². The van der Waals surface area contributed by atoms with Crippen molar-refractivity contribution in [2.75, 3.05) is 24.6 Å². The van der Waals surface area contributed by atoms with E-state index in [-0.39, 0.29) is 18.8 Å². The van der Waals surface area contributed by atoms with Crippen LogP contribution in [0.4, 0.5) is 5.82 Å². The Morgan fingerprint density at radius 3 is 2.94 bits per heavy atom. The van der Waals surface area contributed by atoms with E-state index in [2.05, 4.69) is 14.9 Å². The van der Waals surface area contributed by atoms with Crippen LogP contribution in [0.2, 0.25) is 5.15 Å². The Kier molecular flexibility index (Phi) is 4.37. The summed E-state index contributed by atoms with van der Waals surface area (Å²) in [5.74, 6) is 1.54. The molecule has 0 aliphatic carbocycles. The number of ether oxygens (including phenoxy) is 1. The molecule has 0 radical (unpaired) electrons. The average molecular weight is 272 g/mol. The SMILES string of the molecule is CCc1nc(Cl)cc(N2CC(C)OC(CO)C2)n1. The van der Waals surface area contributed by atoms with Crippen molar-refractivity contribution >= 4 is 17.4 Å². The van der Waals surface area contributed by atoms with Gasteiger partial charge in [0.2, 0.25) is 0 Å². The first-order valence-corrected chi connectivity index (χ1v) is 6.55. The van der Waals surface area contributed by atoms with E-state index in [1.807, 2.05) is 13.8 Å². The van der Waals surface area contributed by atoms with Crippen LogP contribution < -0.4 is 4.90 Å². The largest absolute Gasteiger partial charge is 0.394 e. The van der Waals surface area contributed by atoms with Gasteiger partial charge in [0, 0.05) is 25.6 Å².